The molecular weight excluding hydrogens is 346 g/mol. The van der Waals surface area contributed by atoms with Crippen molar-refractivity contribution >= 4 is 44.6 Å². The van der Waals surface area contributed by atoms with Crippen molar-refractivity contribution in [3.63, 3.8) is 0 Å². The third-order valence-corrected chi connectivity index (χ3v) is 5.99. The molecule has 0 radical (unpaired) electrons. The molecule has 1 heterocycles. The highest BCUT2D eigenvalue weighted by Crippen LogP contribution is 2.29. The number of para-hydroxylation sites is 1. The van der Waals surface area contributed by atoms with E-state index >= 15 is 0 Å². The van der Waals surface area contributed by atoms with Crippen LogP contribution in [-0.4, -0.2) is 22.0 Å². The van der Waals surface area contributed by atoms with E-state index in [1.165, 1.54) is 10.3 Å². The summed E-state index contributed by atoms with van der Waals surface area (Å²) in [4.78, 5) is 6.80. The van der Waals surface area contributed by atoms with Crippen LogP contribution in [0.2, 0.25) is 0 Å². The minimum absolute atomic E-state index is 0.118. The number of thiocarbonyl (C=S) groups is 1. The fourth-order valence-corrected chi connectivity index (χ4v) is 3.91. The predicted molar refractivity (Wildman–Crippen MR) is 113 cm³/mol. The van der Waals surface area contributed by atoms with Gasteiger partial charge in [0, 0.05) is 12.7 Å². The van der Waals surface area contributed by atoms with Gasteiger partial charge in [-0.3, -0.25) is 0 Å². The zero-order chi connectivity index (χ0) is 18.0. The normalized spacial score (nSPS) is 12.4. The molecule has 1 N–H and O–H groups in total. The average molecular weight is 370 g/mol. The summed E-state index contributed by atoms with van der Waals surface area (Å²) >= 11 is 7.31. The molecule has 130 valence electrons. The van der Waals surface area contributed by atoms with Crippen molar-refractivity contribution in [2.45, 2.75) is 32.7 Å². The lowest BCUT2D eigenvalue weighted by atomic mass is 10.0. The summed E-state index contributed by atoms with van der Waals surface area (Å²) in [5, 5.41) is 5.10. The molecule has 5 heteroatoms. The summed E-state index contributed by atoms with van der Waals surface area (Å²) in [5.41, 5.74) is 3.39. The molecule has 0 aliphatic rings. The molecule has 0 aliphatic carbocycles. The number of nitrogens with zero attached hydrogens (tertiary/aromatic N) is 2. The molecule has 0 aliphatic heterocycles. The molecule has 3 nitrogen and oxygen atoms in total. The van der Waals surface area contributed by atoms with Gasteiger partial charge >= 0.3 is 0 Å². The third-order valence-electron chi connectivity index (χ3n) is 4.40. The van der Waals surface area contributed by atoms with Gasteiger partial charge in [-0.2, -0.15) is 0 Å². The second-order valence-corrected chi connectivity index (χ2v) is 7.96. The Bertz CT molecular complexity index is 835. The Morgan fingerprint density at radius 1 is 1.08 bits per heavy atom. The number of anilines is 1. The molecule has 0 saturated carbocycles. The lowest BCUT2D eigenvalue weighted by molar-refractivity contribution is 0.407. The highest BCUT2D eigenvalue weighted by molar-refractivity contribution is 7.80. The molecule has 0 saturated heterocycles. The fourth-order valence-electron chi connectivity index (χ4n) is 2.57. The van der Waals surface area contributed by atoms with Crippen LogP contribution in [0.15, 0.2) is 48.5 Å². The Labute approximate surface area is 158 Å². The molecule has 2 aromatic carbocycles. The number of hydrogen-bond donors (Lipinski definition) is 1. The zero-order valence-electron chi connectivity index (χ0n) is 15.0. The average Bonchev–Trinajstić information content (AvgIpc) is 3.05. The summed E-state index contributed by atoms with van der Waals surface area (Å²) in [5.74, 6) is 0.530. The minimum atomic E-state index is 0.118. The van der Waals surface area contributed by atoms with E-state index in [-0.39, 0.29) is 6.04 Å². The van der Waals surface area contributed by atoms with Crippen LogP contribution >= 0.6 is 23.6 Å². The van der Waals surface area contributed by atoms with Crippen LogP contribution < -0.4 is 5.32 Å². The summed E-state index contributed by atoms with van der Waals surface area (Å²) < 4.78 is 1.21. The van der Waals surface area contributed by atoms with E-state index < -0.39 is 0 Å². The van der Waals surface area contributed by atoms with Gasteiger partial charge in [0.2, 0.25) is 0 Å². The second-order valence-electron chi connectivity index (χ2n) is 6.51. The smallest absolute Gasteiger partial charge is 0.173 e. The number of fused-ring (bicyclic) bond motifs is 1. The summed E-state index contributed by atoms with van der Waals surface area (Å²) in [6.07, 6.45) is 0. The number of nitrogens with one attached hydrogen (secondary N) is 1. The van der Waals surface area contributed by atoms with Crippen molar-refractivity contribution in [3.05, 3.63) is 59.1 Å². The minimum Gasteiger partial charge on any atom is -0.343 e. The lowest BCUT2D eigenvalue weighted by Gasteiger charge is -2.26. The van der Waals surface area contributed by atoms with Gasteiger partial charge in [-0.15, -0.1) is 11.3 Å². The molecule has 0 amide bonds. The van der Waals surface area contributed by atoms with Gasteiger partial charge in [0.05, 0.1) is 16.3 Å². The van der Waals surface area contributed by atoms with Crippen LogP contribution in [-0.2, 0) is 0 Å². The van der Waals surface area contributed by atoms with Crippen molar-refractivity contribution in [3.8, 4) is 0 Å². The highest BCUT2D eigenvalue weighted by atomic mass is 32.1. The van der Waals surface area contributed by atoms with Gasteiger partial charge in [-0.1, -0.05) is 38.1 Å². The first-order chi connectivity index (χ1) is 12.0. The Morgan fingerprint density at radius 3 is 2.40 bits per heavy atom. The molecule has 0 spiro atoms. The van der Waals surface area contributed by atoms with Crippen LogP contribution in [0.4, 0.5) is 5.69 Å². The van der Waals surface area contributed by atoms with E-state index in [1.54, 1.807) is 11.3 Å². The van der Waals surface area contributed by atoms with Gasteiger partial charge in [-0.25, -0.2) is 4.98 Å². The molecule has 1 atom stereocenters. The molecule has 1 aromatic heterocycles. The van der Waals surface area contributed by atoms with Gasteiger partial charge in [-0.05, 0) is 54.9 Å². The topological polar surface area (TPSA) is 28.2 Å². The Kier molecular flexibility index (Phi) is 5.35. The lowest BCUT2D eigenvalue weighted by Crippen LogP contribution is -2.33. The molecule has 3 rings (SSSR count). The van der Waals surface area contributed by atoms with Crippen LogP contribution in [0, 0.1) is 0 Å². The number of aromatic nitrogens is 1. The molecule has 0 unspecified atom stereocenters. The van der Waals surface area contributed by atoms with Crippen LogP contribution in [0.1, 0.15) is 43.3 Å². The van der Waals surface area contributed by atoms with E-state index in [2.05, 4.69) is 67.4 Å². The van der Waals surface area contributed by atoms with Crippen molar-refractivity contribution in [1.82, 2.24) is 9.88 Å². The summed E-state index contributed by atoms with van der Waals surface area (Å²) in [7, 11) is 2.01. The standard InChI is InChI=1S/C20H23N3S2/c1-13(2)15-9-11-16(12-10-15)21-20(24)23(4)14(3)19-22-17-7-5-6-8-18(17)25-19/h5-14H,1-4H3,(H,21,24)/t14-/m0/s1. The predicted octanol–water partition coefficient (Wildman–Crippen LogP) is 5.81. The molecule has 3 aromatic rings. The zero-order valence-corrected chi connectivity index (χ0v) is 16.6. The molecule has 25 heavy (non-hydrogen) atoms. The van der Waals surface area contributed by atoms with Crippen molar-refractivity contribution in [1.29, 1.82) is 0 Å². The van der Waals surface area contributed by atoms with E-state index in [0.717, 1.165) is 16.2 Å². The maximum atomic E-state index is 5.59. The quantitative estimate of drug-likeness (QED) is 0.587. The summed E-state index contributed by atoms with van der Waals surface area (Å²) in [6, 6.07) is 16.8. The van der Waals surface area contributed by atoms with Crippen LogP contribution in [0.5, 0.6) is 0 Å². The first-order valence-electron chi connectivity index (χ1n) is 8.45. The Hall–Kier alpha value is -1.98. The monoisotopic (exact) mass is 369 g/mol. The van der Waals surface area contributed by atoms with E-state index in [0.29, 0.717) is 11.0 Å². The molecular formula is C20H23N3S2. The SMILES string of the molecule is CC(C)c1ccc(NC(=S)N(C)[C@@H](C)c2nc3ccccc3s2)cc1. The number of rotatable bonds is 4. The number of benzene rings is 2. The first-order valence-corrected chi connectivity index (χ1v) is 9.67. The highest BCUT2D eigenvalue weighted by Gasteiger charge is 2.18. The van der Waals surface area contributed by atoms with E-state index in [4.69, 9.17) is 17.2 Å². The second kappa shape index (κ2) is 7.50. The number of hydrogen-bond acceptors (Lipinski definition) is 3. The van der Waals surface area contributed by atoms with Gasteiger partial charge in [0.1, 0.15) is 5.01 Å². The van der Waals surface area contributed by atoms with Gasteiger partial charge in [0.15, 0.2) is 5.11 Å². The Balaban J connectivity index is 1.70. The third kappa shape index (κ3) is 3.99. The molecule has 0 fully saturated rings. The molecule has 0 bridgehead atoms. The summed E-state index contributed by atoms with van der Waals surface area (Å²) in [6.45, 7) is 6.52. The van der Waals surface area contributed by atoms with Crippen LogP contribution in [0.3, 0.4) is 0 Å². The largest absolute Gasteiger partial charge is 0.343 e. The van der Waals surface area contributed by atoms with E-state index in [1.807, 2.05) is 19.2 Å². The Morgan fingerprint density at radius 2 is 1.76 bits per heavy atom. The van der Waals surface area contributed by atoms with Crippen LogP contribution in [0.25, 0.3) is 10.2 Å². The van der Waals surface area contributed by atoms with Crippen molar-refractivity contribution < 1.29 is 0 Å². The van der Waals surface area contributed by atoms with E-state index in [9.17, 15) is 0 Å². The van der Waals surface area contributed by atoms with Gasteiger partial charge in [0.25, 0.3) is 0 Å². The first kappa shape index (κ1) is 17.8. The number of thiazole rings is 1. The van der Waals surface area contributed by atoms with Crippen molar-refractivity contribution in [2.75, 3.05) is 12.4 Å². The van der Waals surface area contributed by atoms with Crippen molar-refractivity contribution in [2.24, 2.45) is 0 Å². The maximum Gasteiger partial charge on any atom is 0.173 e. The van der Waals surface area contributed by atoms with Gasteiger partial charge < -0.3 is 10.2 Å². The fraction of sp³-hybridized carbons (Fsp3) is 0.300. The maximum absolute atomic E-state index is 5.59.